The lowest BCUT2D eigenvalue weighted by Gasteiger charge is -2.10. The lowest BCUT2D eigenvalue weighted by Crippen LogP contribution is -1.91. The quantitative estimate of drug-likeness (QED) is 0.700. The molecule has 1 nitrogen and oxygen atoms in total. The van der Waals surface area contributed by atoms with Crippen LogP contribution in [0.5, 0.6) is 0 Å². The van der Waals surface area contributed by atoms with Crippen molar-refractivity contribution in [3.05, 3.63) is 84.1 Å². The van der Waals surface area contributed by atoms with Crippen LogP contribution >= 0.6 is 0 Å². The highest BCUT2D eigenvalue weighted by Gasteiger charge is 2.04. The monoisotopic (exact) mass is 307 g/mol. The highest BCUT2D eigenvalue weighted by molar-refractivity contribution is 5.68. The maximum atomic E-state index is 5.31. The van der Waals surface area contributed by atoms with E-state index in [1.54, 1.807) is 6.20 Å². The van der Waals surface area contributed by atoms with Gasteiger partial charge in [-0.1, -0.05) is 81.5 Å². The average Bonchev–Trinajstić information content (AvgIpc) is 2.53. The van der Waals surface area contributed by atoms with Gasteiger partial charge in [-0.25, -0.2) is 0 Å². The van der Waals surface area contributed by atoms with E-state index in [0.717, 1.165) is 12.3 Å². The molecule has 0 atom stereocenters. The molecule has 1 heteroatoms. The van der Waals surface area contributed by atoms with Crippen molar-refractivity contribution in [3.63, 3.8) is 0 Å². The summed E-state index contributed by atoms with van der Waals surface area (Å²) < 4.78 is 0. The highest BCUT2D eigenvalue weighted by atomic mass is 14.5. The van der Waals surface area contributed by atoms with Crippen LogP contribution in [0.15, 0.2) is 73.0 Å². The molecule has 0 aliphatic rings. The Labute approximate surface area is 141 Å². The topological polar surface area (TPSA) is 26.0 Å². The third kappa shape index (κ3) is 7.01. The van der Waals surface area contributed by atoms with Crippen molar-refractivity contribution in [1.82, 2.24) is 0 Å². The van der Waals surface area contributed by atoms with Crippen LogP contribution in [0.4, 0.5) is 0 Å². The van der Waals surface area contributed by atoms with E-state index in [1.807, 2.05) is 18.2 Å². The van der Waals surface area contributed by atoms with Gasteiger partial charge in [-0.3, -0.25) is 0 Å². The molecule has 122 valence electrons. The van der Waals surface area contributed by atoms with Crippen LogP contribution in [0.1, 0.15) is 31.9 Å². The fourth-order valence-corrected chi connectivity index (χ4v) is 2.17. The van der Waals surface area contributed by atoms with E-state index in [2.05, 4.69) is 76.2 Å². The summed E-state index contributed by atoms with van der Waals surface area (Å²) in [5.74, 6) is 0.833. The molecule has 0 aliphatic carbocycles. The number of rotatable bonds is 4. The van der Waals surface area contributed by atoms with E-state index in [4.69, 9.17) is 5.73 Å². The Balaban J connectivity index is 0.000000593. The maximum Gasteiger partial charge on any atom is -0.00625 e. The standard InChI is InChI=1S/C18H19N.C4H10/c1-15-16(9-6-3-7-14-19)12-8-13-18(15)17-10-4-2-5-11-17;1-4(2)3/h2-8,10-14H,9,19H2,1H3;4H,1-3H3/b6-3-,14-7-;. The van der Waals surface area contributed by atoms with Gasteiger partial charge in [-0.05, 0) is 53.8 Å². The second-order valence-corrected chi connectivity index (χ2v) is 6.20. The minimum atomic E-state index is 0.833. The lowest BCUT2D eigenvalue weighted by molar-refractivity contribution is 0.737. The van der Waals surface area contributed by atoms with Gasteiger partial charge in [-0.15, -0.1) is 0 Å². The minimum absolute atomic E-state index is 0.833. The Bertz CT molecular complexity index is 619. The first-order valence-electron chi connectivity index (χ1n) is 8.23. The fourth-order valence-electron chi connectivity index (χ4n) is 2.17. The van der Waals surface area contributed by atoms with Crippen LogP contribution in [0.2, 0.25) is 0 Å². The van der Waals surface area contributed by atoms with Crippen molar-refractivity contribution in [3.8, 4) is 11.1 Å². The lowest BCUT2D eigenvalue weighted by atomic mass is 9.95. The van der Waals surface area contributed by atoms with Crippen LogP contribution in [-0.4, -0.2) is 0 Å². The normalized spacial score (nSPS) is 11.0. The largest absolute Gasteiger partial charge is 0.405 e. The van der Waals surface area contributed by atoms with E-state index >= 15 is 0 Å². The molecule has 23 heavy (non-hydrogen) atoms. The molecular weight excluding hydrogens is 278 g/mol. The maximum absolute atomic E-state index is 5.31. The second kappa shape index (κ2) is 10.4. The van der Waals surface area contributed by atoms with Crippen molar-refractivity contribution in [2.45, 2.75) is 34.1 Å². The van der Waals surface area contributed by atoms with Crippen molar-refractivity contribution in [1.29, 1.82) is 0 Å². The summed E-state index contributed by atoms with van der Waals surface area (Å²) in [5, 5.41) is 0. The zero-order valence-corrected chi connectivity index (χ0v) is 14.8. The third-order valence-corrected chi connectivity index (χ3v) is 3.23. The van der Waals surface area contributed by atoms with Crippen LogP contribution in [-0.2, 0) is 6.42 Å². The van der Waals surface area contributed by atoms with E-state index in [0.29, 0.717) is 0 Å². The number of allylic oxidation sites excluding steroid dienone is 3. The SMILES string of the molecule is CC(C)C.Cc1c(C/C=C\C=C/N)cccc1-c1ccccc1. The summed E-state index contributed by atoms with van der Waals surface area (Å²) in [6.07, 6.45) is 8.42. The Hall–Kier alpha value is -2.28. The molecule has 0 bridgehead atoms. The summed E-state index contributed by atoms with van der Waals surface area (Å²) in [5.41, 5.74) is 10.6. The molecule has 2 rings (SSSR count). The average molecular weight is 307 g/mol. The molecule has 0 spiro atoms. The number of nitrogens with two attached hydrogens (primary N) is 1. The minimum Gasteiger partial charge on any atom is -0.405 e. The molecule has 2 aromatic carbocycles. The Morgan fingerprint density at radius 2 is 1.57 bits per heavy atom. The van der Waals surface area contributed by atoms with Gasteiger partial charge in [0.1, 0.15) is 0 Å². The first kappa shape index (κ1) is 18.8. The molecule has 0 unspecified atom stereocenters. The van der Waals surface area contributed by atoms with Gasteiger partial charge in [0, 0.05) is 0 Å². The van der Waals surface area contributed by atoms with Crippen molar-refractivity contribution in [2.75, 3.05) is 0 Å². The van der Waals surface area contributed by atoms with Gasteiger partial charge >= 0.3 is 0 Å². The van der Waals surface area contributed by atoms with Crippen LogP contribution in [0, 0.1) is 12.8 Å². The first-order chi connectivity index (χ1) is 11.1. The van der Waals surface area contributed by atoms with Crippen LogP contribution < -0.4 is 5.73 Å². The van der Waals surface area contributed by atoms with Gasteiger partial charge in [-0.2, -0.15) is 0 Å². The van der Waals surface area contributed by atoms with E-state index in [9.17, 15) is 0 Å². The van der Waals surface area contributed by atoms with E-state index in [-0.39, 0.29) is 0 Å². The molecule has 0 heterocycles. The van der Waals surface area contributed by atoms with Crippen LogP contribution in [0.3, 0.4) is 0 Å². The first-order valence-corrected chi connectivity index (χ1v) is 8.23. The molecule has 0 aromatic heterocycles. The van der Waals surface area contributed by atoms with Gasteiger partial charge in [0.05, 0.1) is 0 Å². The fraction of sp³-hybridized carbons (Fsp3) is 0.273. The number of hydrogen-bond donors (Lipinski definition) is 1. The molecule has 0 amide bonds. The predicted molar refractivity (Wildman–Crippen MR) is 103 cm³/mol. The van der Waals surface area contributed by atoms with Gasteiger partial charge in [0.15, 0.2) is 0 Å². The molecule has 0 saturated carbocycles. The smallest absolute Gasteiger partial charge is 0.00625 e. The summed E-state index contributed by atoms with van der Waals surface area (Å²) in [4.78, 5) is 0. The predicted octanol–water partition coefficient (Wildman–Crippen LogP) is 5.90. The Morgan fingerprint density at radius 1 is 0.913 bits per heavy atom. The molecule has 0 saturated heterocycles. The van der Waals surface area contributed by atoms with E-state index < -0.39 is 0 Å². The molecule has 2 N–H and O–H groups in total. The zero-order valence-electron chi connectivity index (χ0n) is 14.8. The van der Waals surface area contributed by atoms with Crippen molar-refractivity contribution >= 4 is 0 Å². The Morgan fingerprint density at radius 3 is 2.17 bits per heavy atom. The van der Waals surface area contributed by atoms with Gasteiger partial charge < -0.3 is 5.73 Å². The molecular formula is C22H29N. The zero-order chi connectivity index (χ0) is 17.1. The Kier molecular flexibility index (Phi) is 8.52. The number of hydrogen-bond acceptors (Lipinski definition) is 1. The summed E-state index contributed by atoms with van der Waals surface area (Å²) >= 11 is 0. The van der Waals surface area contributed by atoms with Crippen molar-refractivity contribution < 1.29 is 0 Å². The highest BCUT2D eigenvalue weighted by Crippen LogP contribution is 2.25. The number of benzene rings is 2. The molecule has 2 aromatic rings. The van der Waals surface area contributed by atoms with Gasteiger partial charge in [0.2, 0.25) is 0 Å². The van der Waals surface area contributed by atoms with E-state index in [1.165, 1.54) is 22.3 Å². The summed E-state index contributed by atoms with van der Waals surface area (Å²) in [6.45, 7) is 8.68. The summed E-state index contributed by atoms with van der Waals surface area (Å²) in [6, 6.07) is 17.0. The third-order valence-electron chi connectivity index (χ3n) is 3.23. The van der Waals surface area contributed by atoms with Crippen molar-refractivity contribution in [2.24, 2.45) is 11.7 Å². The molecule has 0 radical (unpaired) electrons. The molecule has 0 fully saturated rings. The molecule has 0 aliphatic heterocycles. The van der Waals surface area contributed by atoms with Crippen LogP contribution in [0.25, 0.3) is 11.1 Å². The summed E-state index contributed by atoms with van der Waals surface area (Å²) in [7, 11) is 0. The second-order valence-electron chi connectivity index (χ2n) is 6.20. The van der Waals surface area contributed by atoms with Gasteiger partial charge in [0.25, 0.3) is 0 Å².